The zero-order valence-electron chi connectivity index (χ0n) is 10.5. The van der Waals surface area contributed by atoms with E-state index in [4.69, 9.17) is 19.9 Å². The summed E-state index contributed by atoms with van der Waals surface area (Å²) in [6.45, 7) is 0.106. The lowest BCUT2D eigenvalue weighted by Gasteiger charge is -2.14. The van der Waals surface area contributed by atoms with Crippen LogP contribution in [0.15, 0.2) is 12.7 Å². The number of imidazole rings is 1. The Morgan fingerprint density at radius 1 is 1.50 bits per heavy atom. The zero-order chi connectivity index (χ0) is 14.1. The Balaban J connectivity index is 1.76. The van der Waals surface area contributed by atoms with E-state index in [1.54, 1.807) is 10.9 Å². The highest BCUT2D eigenvalue weighted by Gasteiger charge is 2.28. The van der Waals surface area contributed by atoms with Gasteiger partial charge in [0.25, 0.3) is 0 Å². The van der Waals surface area contributed by atoms with E-state index in [9.17, 15) is 4.57 Å². The Hall–Kier alpha value is -1.54. The number of fused-ring (bicyclic) bond motifs is 1. The molecule has 3 atom stereocenters. The summed E-state index contributed by atoms with van der Waals surface area (Å²) < 4.78 is 22.8. The van der Waals surface area contributed by atoms with E-state index in [2.05, 4.69) is 15.0 Å². The molecule has 0 aliphatic carbocycles. The number of anilines is 1. The quantitative estimate of drug-likeness (QED) is 0.781. The molecule has 3 rings (SSSR count). The molecule has 1 saturated heterocycles. The molecule has 0 spiro atoms. The second-order valence-corrected chi connectivity index (χ2v) is 5.27. The van der Waals surface area contributed by atoms with Gasteiger partial charge in [-0.15, -0.1) is 0 Å². The fourth-order valence-corrected chi connectivity index (χ4v) is 2.59. The third-order valence-electron chi connectivity index (χ3n) is 3.18. The van der Waals surface area contributed by atoms with E-state index in [1.807, 2.05) is 0 Å². The molecule has 0 bridgehead atoms. The van der Waals surface area contributed by atoms with Crippen LogP contribution < -0.4 is 5.73 Å². The molecule has 2 aromatic rings. The van der Waals surface area contributed by atoms with E-state index < -0.39 is 8.25 Å². The Morgan fingerprint density at radius 2 is 2.35 bits per heavy atom. The number of rotatable bonds is 4. The van der Waals surface area contributed by atoms with Gasteiger partial charge in [-0.1, -0.05) is 0 Å². The van der Waals surface area contributed by atoms with Gasteiger partial charge in [-0.25, -0.2) is 15.0 Å². The van der Waals surface area contributed by atoms with Crippen LogP contribution in [0.3, 0.4) is 0 Å². The maximum atomic E-state index is 10.5. The average molecular weight is 299 g/mol. The summed E-state index contributed by atoms with van der Waals surface area (Å²) in [4.78, 5) is 20.9. The minimum Gasteiger partial charge on any atom is -0.382 e. The number of nitrogen functional groups attached to an aromatic ring is 1. The van der Waals surface area contributed by atoms with Crippen LogP contribution in [-0.4, -0.2) is 37.1 Å². The summed E-state index contributed by atoms with van der Waals surface area (Å²) >= 11 is 0. The van der Waals surface area contributed by atoms with Gasteiger partial charge in [-0.3, -0.25) is 9.13 Å². The number of hydrogen-bond acceptors (Lipinski definition) is 7. The largest absolute Gasteiger partial charge is 0.382 e. The van der Waals surface area contributed by atoms with E-state index in [-0.39, 0.29) is 18.9 Å². The lowest BCUT2D eigenvalue weighted by atomic mass is 10.2. The summed E-state index contributed by atoms with van der Waals surface area (Å²) in [6.07, 6.45) is 4.03. The van der Waals surface area contributed by atoms with Crippen molar-refractivity contribution in [2.75, 3.05) is 12.3 Å². The predicted octanol–water partition coefficient (Wildman–Crippen LogP) is 0.485. The molecule has 3 heterocycles. The van der Waals surface area contributed by atoms with Crippen LogP contribution in [0.4, 0.5) is 5.82 Å². The molecular weight excluding hydrogens is 285 g/mol. The maximum absolute atomic E-state index is 10.5. The maximum Gasteiger partial charge on any atom is 0.316 e. The third kappa shape index (κ3) is 2.53. The van der Waals surface area contributed by atoms with Gasteiger partial charge in [0, 0.05) is 0 Å². The molecule has 20 heavy (non-hydrogen) atoms. The van der Waals surface area contributed by atoms with Gasteiger partial charge < -0.3 is 19.9 Å². The van der Waals surface area contributed by atoms with Crippen LogP contribution in [0.1, 0.15) is 19.1 Å². The van der Waals surface area contributed by atoms with Gasteiger partial charge in [0.1, 0.15) is 18.1 Å². The van der Waals surface area contributed by atoms with Crippen LogP contribution in [0.25, 0.3) is 11.2 Å². The number of aromatic nitrogens is 4. The molecule has 2 unspecified atom stereocenters. The van der Waals surface area contributed by atoms with Crippen molar-refractivity contribution in [2.45, 2.75) is 25.2 Å². The van der Waals surface area contributed by atoms with Crippen molar-refractivity contribution in [3.05, 3.63) is 12.7 Å². The first-order chi connectivity index (χ1) is 9.65. The number of hydrogen-bond donors (Lipinski definition) is 2. The first-order valence-electron chi connectivity index (χ1n) is 6.09. The molecule has 0 amide bonds. The fourth-order valence-electron chi connectivity index (χ4n) is 2.26. The third-order valence-corrected chi connectivity index (χ3v) is 3.59. The highest BCUT2D eigenvalue weighted by atomic mass is 31.1. The van der Waals surface area contributed by atoms with Gasteiger partial charge in [-0.2, -0.15) is 0 Å². The Labute approximate surface area is 114 Å². The molecule has 1 aliphatic rings. The zero-order valence-corrected chi connectivity index (χ0v) is 11.5. The van der Waals surface area contributed by atoms with E-state index >= 15 is 0 Å². The standard InChI is InChI=1S/C10H14N5O4P/c11-9-8-10(13-4-12-9)15(5-14-8)7-2-1-6(19-7)3-18-20(16)17/h4-7,20H,1-3H2,(H,16,17)(H2,11,12,13)/t6?,7-/m1/s1. The van der Waals surface area contributed by atoms with Crippen LogP contribution in [0.2, 0.25) is 0 Å². The van der Waals surface area contributed by atoms with Crippen molar-refractivity contribution in [2.24, 2.45) is 0 Å². The number of ether oxygens (including phenoxy) is 1. The van der Waals surface area contributed by atoms with Gasteiger partial charge in [0.15, 0.2) is 11.5 Å². The molecule has 3 N–H and O–H groups in total. The summed E-state index contributed by atoms with van der Waals surface area (Å²) in [5.41, 5.74) is 6.88. The second kappa shape index (κ2) is 5.45. The minimum atomic E-state index is -2.92. The van der Waals surface area contributed by atoms with Crippen molar-refractivity contribution in [1.82, 2.24) is 19.5 Å². The molecule has 9 nitrogen and oxygen atoms in total. The van der Waals surface area contributed by atoms with E-state index in [0.717, 1.165) is 12.8 Å². The molecule has 108 valence electrons. The predicted molar refractivity (Wildman–Crippen MR) is 70.1 cm³/mol. The molecule has 1 aliphatic heterocycles. The van der Waals surface area contributed by atoms with Crippen LogP contribution in [0, 0.1) is 0 Å². The van der Waals surface area contributed by atoms with Crippen molar-refractivity contribution in [3.63, 3.8) is 0 Å². The Bertz CT molecular complexity index is 648. The molecule has 1 fully saturated rings. The lowest BCUT2D eigenvalue weighted by molar-refractivity contribution is -0.0162. The first kappa shape index (κ1) is 13.4. The van der Waals surface area contributed by atoms with Gasteiger partial charge in [0.05, 0.1) is 19.0 Å². The van der Waals surface area contributed by atoms with Crippen molar-refractivity contribution >= 4 is 25.2 Å². The summed E-state index contributed by atoms with van der Waals surface area (Å²) in [6, 6.07) is 0. The number of nitrogens with zero attached hydrogens (tertiary/aromatic N) is 4. The molecule has 0 aromatic carbocycles. The van der Waals surface area contributed by atoms with Crippen LogP contribution in [-0.2, 0) is 13.8 Å². The van der Waals surface area contributed by atoms with Gasteiger partial charge >= 0.3 is 8.25 Å². The van der Waals surface area contributed by atoms with Crippen molar-refractivity contribution in [3.8, 4) is 0 Å². The smallest absolute Gasteiger partial charge is 0.316 e. The second-order valence-electron chi connectivity index (χ2n) is 4.45. The average Bonchev–Trinajstić information content (AvgIpc) is 3.02. The van der Waals surface area contributed by atoms with Crippen molar-refractivity contribution in [1.29, 1.82) is 0 Å². The Kier molecular flexibility index (Phi) is 3.66. The molecular formula is C10H14N5O4P. The summed E-state index contributed by atoms with van der Waals surface area (Å²) in [5.74, 6) is 0.325. The fraction of sp³-hybridized carbons (Fsp3) is 0.500. The molecule has 2 aromatic heterocycles. The van der Waals surface area contributed by atoms with Crippen LogP contribution in [0.5, 0.6) is 0 Å². The van der Waals surface area contributed by atoms with E-state index in [1.165, 1.54) is 6.33 Å². The monoisotopic (exact) mass is 299 g/mol. The molecule has 10 heteroatoms. The summed E-state index contributed by atoms with van der Waals surface area (Å²) in [7, 11) is -2.92. The molecule has 0 saturated carbocycles. The number of nitrogens with two attached hydrogens (primary N) is 1. The first-order valence-corrected chi connectivity index (χ1v) is 7.35. The highest BCUT2D eigenvalue weighted by Crippen LogP contribution is 2.32. The van der Waals surface area contributed by atoms with E-state index in [0.29, 0.717) is 17.0 Å². The highest BCUT2D eigenvalue weighted by molar-refractivity contribution is 7.32. The Morgan fingerprint density at radius 3 is 3.15 bits per heavy atom. The SMILES string of the molecule is Nc1ncnc2c1ncn2[C@H]1CCC(CO[PH](=O)O)O1. The van der Waals surface area contributed by atoms with Gasteiger partial charge in [-0.05, 0) is 12.8 Å². The van der Waals surface area contributed by atoms with Gasteiger partial charge in [0.2, 0.25) is 0 Å². The molecule has 0 radical (unpaired) electrons. The minimum absolute atomic E-state index is 0.106. The topological polar surface area (TPSA) is 125 Å². The summed E-state index contributed by atoms with van der Waals surface area (Å²) in [5, 5.41) is 0. The lowest BCUT2D eigenvalue weighted by Crippen LogP contribution is -2.15. The normalized spacial score (nSPS) is 24.2. The van der Waals surface area contributed by atoms with Crippen molar-refractivity contribution < 1.29 is 18.7 Å². The van der Waals surface area contributed by atoms with Crippen LogP contribution >= 0.6 is 8.25 Å².